The van der Waals surface area contributed by atoms with E-state index in [0.717, 1.165) is 11.1 Å². The molecule has 1 aliphatic rings. The summed E-state index contributed by atoms with van der Waals surface area (Å²) in [5.74, 6) is -0.0683. The highest BCUT2D eigenvalue weighted by Gasteiger charge is 2.46. The minimum atomic E-state index is -0.749. The molecule has 1 fully saturated rings. The SMILES string of the molecule is COc1ccc(C2/C(=C(\O)c3cc(C(C)C)c(OC)cc3C)C(=O)C(=O)N2CCOC(C)C)cc1. The highest BCUT2D eigenvalue weighted by molar-refractivity contribution is 6.46. The summed E-state index contributed by atoms with van der Waals surface area (Å²) >= 11 is 0. The Bertz CT molecular complexity index is 1120. The van der Waals surface area contributed by atoms with Crippen LogP contribution >= 0.6 is 0 Å². The Hall–Kier alpha value is -3.32. The Morgan fingerprint density at radius 2 is 1.69 bits per heavy atom. The van der Waals surface area contributed by atoms with Crippen molar-refractivity contribution in [2.45, 2.75) is 52.7 Å². The summed E-state index contributed by atoms with van der Waals surface area (Å²) < 4.78 is 16.5. The molecule has 0 radical (unpaired) electrons. The van der Waals surface area contributed by atoms with Crippen LogP contribution in [0, 0.1) is 6.92 Å². The normalized spacial score (nSPS) is 17.5. The maximum Gasteiger partial charge on any atom is 0.295 e. The number of likely N-dealkylation sites (tertiary alicyclic amines) is 1. The van der Waals surface area contributed by atoms with Crippen molar-refractivity contribution in [2.75, 3.05) is 27.4 Å². The number of amides is 1. The Balaban J connectivity index is 2.18. The Labute approximate surface area is 207 Å². The van der Waals surface area contributed by atoms with E-state index in [-0.39, 0.29) is 36.5 Å². The number of nitrogens with zero attached hydrogens (tertiary/aromatic N) is 1. The van der Waals surface area contributed by atoms with Crippen molar-refractivity contribution >= 4 is 17.4 Å². The molecule has 0 aromatic heterocycles. The van der Waals surface area contributed by atoms with Gasteiger partial charge in [0.2, 0.25) is 0 Å². The second kappa shape index (κ2) is 11.0. The quantitative estimate of drug-likeness (QED) is 0.309. The molecule has 0 saturated carbocycles. The number of aliphatic hydroxyl groups is 1. The molecule has 1 unspecified atom stereocenters. The molecular formula is C28H35NO6. The van der Waals surface area contributed by atoms with Crippen molar-refractivity contribution in [2.24, 2.45) is 0 Å². The van der Waals surface area contributed by atoms with Crippen LogP contribution in [0.4, 0.5) is 0 Å². The van der Waals surface area contributed by atoms with Crippen molar-refractivity contribution in [1.29, 1.82) is 0 Å². The van der Waals surface area contributed by atoms with Crippen molar-refractivity contribution in [3.05, 3.63) is 64.2 Å². The molecule has 2 aromatic rings. The number of hydrogen-bond donors (Lipinski definition) is 1. The lowest BCUT2D eigenvalue weighted by Crippen LogP contribution is -2.33. The van der Waals surface area contributed by atoms with E-state index in [0.29, 0.717) is 22.6 Å². The number of aliphatic hydroxyl groups excluding tert-OH is 1. The van der Waals surface area contributed by atoms with Gasteiger partial charge in [-0.3, -0.25) is 9.59 Å². The van der Waals surface area contributed by atoms with Crippen LogP contribution < -0.4 is 9.47 Å². The van der Waals surface area contributed by atoms with Gasteiger partial charge in [0.15, 0.2) is 0 Å². The van der Waals surface area contributed by atoms with Crippen LogP contribution in [0.2, 0.25) is 0 Å². The maximum atomic E-state index is 13.3. The molecule has 0 spiro atoms. The average Bonchev–Trinajstić information content (AvgIpc) is 3.08. The summed E-state index contributed by atoms with van der Waals surface area (Å²) in [7, 11) is 3.18. The predicted octanol–water partition coefficient (Wildman–Crippen LogP) is 4.98. The number of carbonyl (C=O) groups is 2. The highest BCUT2D eigenvalue weighted by Crippen LogP contribution is 2.41. The molecule has 1 heterocycles. The smallest absolute Gasteiger partial charge is 0.295 e. The molecule has 1 N–H and O–H groups in total. The van der Waals surface area contributed by atoms with Gasteiger partial charge >= 0.3 is 0 Å². The molecule has 1 amide bonds. The number of rotatable bonds is 9. The summed E-state index contributed by atoms with van der Waals surface area (Å²) in [6.45, 7) is 10.2. The van der Waals surface area contributed by atoms with Gasteiger partial charge in [-0.25, -0.2) is 0 Å². The zero-order valence-corrected chi connectivity index (χ0v) is 21.5. The van der Waals surface area contributed by atoms with Gasteiger partial charge in [-0.05, 0) is 67.6 Å². The van der Waals surface area contributed by atoms with Gasteiger partial charge in [0.1, 0.15) is 17.3 Å². The summed E-state index contributed by atoms with van der Waals surface area (Å²) in [4.78, 5) is 27.9. The molecule has 2 aromatic carbocycles. The lowest BCUT2D eigenvalue weighted by molar-refractivity contribution is -0.140. The second-order valence-corrected chi connectivity index (χ2v) is 9.25. The first kappa shape index (κ1) is 26.3. The summed E-state index contributed by atoms with van der Waals surface area (Å²) in [6.07, 6.45) is -0.0114. The van der Waals surface area contributed by atoms with E-state index < -0.39 is 17.7 Å². The molecule has 1 aliphatic heterocycles. The van der Waals surface area contributed by atoms with Gasteiger partial charge in [-0.1, -0.05) is 26.0 Å². The third-order valence-corrected chi connectivity index (χ3v) is 6.21. The zero-order valence-electron chi connectivity index (χ0n) is 21.5. The number of aryl methyl sites for hydroxylation is 1. The fraction of sp³-hybridized carbons (Fsp3) is 0.429. The van der Waals surface area contributed by atoms with E-state index in [9.17, 15) is 14.7 Å². The molecule has 1 saturated heterocycles. The van der Waals surface area contributed by atoms with Gasteiger partial charge in [0, 0.05) is 12.1 Å². The van der Waals surface area contributed by atoms with Crippen LogP contribution in [0.15, 0.2) is 42.0 Å². The van der Waals surface area contributed by atoms with Crippen molar-refractivity contribution in [1.82, 2.24) is 4.90 Å². The first-order valence-electron chi connectivity index (χ1n) is 11.8. The monoisotopic (exact) mass is 481 g/mol. The van der Waals surface area contributed by atoms with E-state index in [1.54, 1.807) is 38.5 Å². The molecule has 188 valence electrons. The van der Waals surface area contributed by atoms with Crippen LogP contribution in [0.5, 0.6) is 11.5 Å². The first-order valence-corrected chi connectivity index (χ1v) is 11.8. The Morgan fingerprint density at radius 3 is 2.23 bits per heavy atom. The van der Waals surface area contributed by atoms with Crippen molar-refractivity contribution in [3.8, 4) is 11.5 Å². The van der Waals surface area contributed by atoms with E-state index in [4.69, 9.17) is 14.2 Å². The topological polar surface area (TPSA) is 85.3 Å². The molecule has 7 heteroatoms. The number of hydrogen-bond acceptors (Lipinski definition) is 6. The van der Waals surface area contributed by atoms with Crippen LogP contribution in [0.3, 0.4) is 0 Å². The average molecular weight is 482 g/mol. The van der Waals surface area contributed by atoms with Gasteiger partial charge in [-0.2, -0.15) is 0 Å². The van der Waals surface area contributed by atoms with E-state index in [1.807, 2.05) is 46.8 Å². The summed E-state index contributed by atoms with van der Waals surface area (Å²) in [5.41, 5.74) is 2.91. The number of ether oxygens (including phenoxy) is 3. The Morgan fingerprint density at radius 1 is 1.03 bits per heavy atom. The molecule has 0 bridgehead atoms. The van der Waals surface area contributed by atoms with E-state index in [2.05, 4.69) is 0 Å². The fourth-order valence-electron chi connectivity index (χ4n) is 4.36. The van der Waals surface area contributed by atoms with Gasteiger partial charge in [0.05, 0.1) is 38.5 Å². The third-order valence-electron chi connectivity index (χ3n) is 6.21. The first-order chi connectivity index (χ1) is 16.6. The van der Waals surface area contributed by atoms with Crippen LogP contribution in [0.25, 0.3) is 5.76 Å². The van der Waals surface area contributed by atoms with Gasteiger partial charge in [0.25, 0.3) is 11.7 Å². The van der Waals surface area contributed by atoms with Crippen molar-refractivity contribution in [3.63, 3.8) is 0 Å². The van der Waals surface area contributed by atoms with Crippen LogP contribution in [0.1, 0.15) is 61.9 Å². The summed E-state index contributed by atoms with van der Waals surface area (Å²) in [6, 6.07) is 10.1. The minimum Gasteiger partial charge on any atom is -0.507 e. The molecule has 3 rings (SSSR count). The van der Waals surface area contributed by atoms with E-state index in [1.165, 1.54) is 4.90 Å². The number of Topliss-reactive ketones (excluding diaryl/α,β-unsaturated/α-hetero) is 1. The fourth-order valence-corrected chi connectivity index (χ4v) is 4.36. The lowest BCUT2D eigenvalue weighted by atomic mass is 9.91. The van der Waals surface area contributed by atoms with Gasteiger partial charge < -0.3 is 24.2 Å². The standard InChI is InChI=1S/C28H35NO6/c1-16(2)21-15-22(18(5)14-23(21)34-7)26(30)24-25(19-8-10-20(33-6)11-9-19)29(28(32)27(24)31)12-13-35-17(3)4/h8-11,14-17,25,30H,12-13H2,1-7H3/b26-24+. The third kappa shape index (κ3) is 5.35. The molecule has 0 aliphatic carbocycles. The van der Waals surface area contributed by atoms with Crippen molar-refractivity contribution < 1.29 is 28.9 Å². The molecule has 7 nitrogen and oxygen atoms in total. The number of benzene rings is 2. The van der Waals surface area contributed by atoms with E-state index >= 15 is 0 Å². The molecule has 1 atom stereocenters. The Kier molecular flexibility index (Phi) is 8.22. The number of methoxy groups -OCH3 is 2. The highest BCUT2D eigenvalue weighted by atomic mass is 16.5. The minimum absolute atomic E-state index is 0.0114. The molecular weight excluding hydrogens is 446 g/mol. The largest absolute Gasteiger partial charge is 0.507 e. The second-order valence-electron chi connectivity index (χ2n) is 9.25. The lowest BCUT2D eigenvalue weighted by Gasteiger charge is -2.26. The van der Waals surface area contributed by atoms with Gasteiger partial charge in [-0.15, -0.1) is 0 Å². The summed E-state index contributed by atoms with van der Waals surface area (Å²) in [5, 5.41) is 11.5. The number of carbonyl (C=O) groups excluding carboxylic acids is 2. The zero-order chi connectivity index (χ0) is 25.9. The van der Waals surface area contributed by atoms with Crippen LogP contribution in [-0.4, -0.2) is 55.2 Å². The maximum absolute atomic E-state index is 13.3. The number of ketones is 1. The van der Waals surface area contributed by atoms with Crippen LogP contribution in [-0.2, 0) is 14.3 Å². The molecule has 35 heavy (non-hydrogen) atoms. The predicted molar refractivity (Wildman–Crippen MR) is 135 cm³/mol.